The number of hydrogen-bond donors (Lipinski definition) is 0. The highest BCUT2D eigenvalue weighted by Crippen LogP contribution is 2.21. The molecule has 0 aromatic heterocycles. The number of ether oxygens (including phenoxy) is 1. The summed E-state index contributed by atoms with van der Waals surface area (Å²) in [4.78, 5) is 0. The minimum atomic E-state index is 0.158. The van der Waals surface area contributed by atoms with E-state index in [-0.39, 0.29) is 6.10 Å². The van der Waals surface area contributed by atoms with Gasteiger partial charge in [0.05, 0.1) is 6.10 Å². The molecule has 0 saturated heterocycles. The van der Waals surface area contributed by atoms with E-state index in [0.29, 0.717) is 0 Å². The fraction of sp³-hybridized carbons (Fsp3) is 0.158. The van der Waals surface area contributed by atoms with Crippen molar-refractivity contribution in [1.82, 2.24) is 0 Å². The quantitative estimate of drug-likeness (QED) is 0.664. The third kappa shape index (κ3) is 3.00. The molecule has 1 unspecified atom stereocenters. The first-order chi connectivity index (χ1) is 9.81. The molecule has 20 heavy (non-hydrogen) atoms. The van der Waals surface area contributed by atoms with Gasteiger partial charge in [0.2, 0.25) is 0 Å². The van der Waals surface area contributed by atoms with Crippen LogP contribution in [0.3, 0.4) is 0 Å². The summed E-state index contributed by atoms with van der Waals surface area (Å²) in [7, 11) is 0. The van der Waals surface area contributed by atoms with E-state index >= 15 is 0 Å². The van der Waals surface area contributed by atoms with Crippen LogP contribution in [0, 0.1) is 6.07 Å². The molecule has 3 aromatic rings. The average molecular weight is 261 g/mol. The van der Waals surface area contributed by atoms with Crippen LogP contribution in [0.1, 0.15) is 12.5 Å². The van der Waals surface area contributed by atoms with Gasteiger partial charge in [-0.2, -0.15) is 0 Å². The summed E-state index contributed by atoms with van der Waals surface area (Å²) in [6.07, 6.45) is 1.08. The van der Waals surface area contributed by atoms with Gasteiger partial charge in [-0.05, 0) is 47.5 Å². The van der Waals surface area contributed by atoms with Gasteiger partial charge in [-0.1, -0.05) is 48.5 Å². The molecule has 99 valence electrons. The summed E-state index contributed by atoms with van der Waals surface area (Å²) in [5.41, 5.74) is 1.30. The highest BCUT2D eigenvalue weighted by molar-refractivity contribution is 5.83. The molecule has 1 atom stereocenters. The third-order valence-corrected chi connectivity index (χ3v) is 3.36. The number of benzene rings is 3. The van der Waals surface area contributed by atoms with Gasteiger partial charge in [0.1, 0.15) is 5.75 Å². The Morgan fingerprint density at radius 3 is 2.70 bits per heavy atom. The smallest absolute Gasteiger partial charge is 0.120 e. The van der Waals surface area contributed by atoms with Gasteiger partial charge < -0.3 is 4.74 Å². The second-order valence-electron chi connectivity index (χ2n) is 5.05. The molecule has 0 amide bonds. The minimum absolute atomic E-state index is 0.158. The maximum absolute atomic E-state index is 6.02. The summed E-state index contributed by atoms with van der Waals surface area (Å²) in [6, 6.07) is 25.7. The van der Waals surface area contributed by atoms with E-state index in [1.165, 1.54) is 16.3 Å². The van der Waals surface area contributed by atoms with Crippen LogP contribution in [0.15, 0.2) is 66.7 Å². The van der Waals surface area contributed by atoms with Crippen LogP contribution in [0.2, 0.25) is 0 Å². The van der Waals surface area contributed by atoms with E-state index in [1.54, 1.807) is 0 Å². The summed E-state index contributed by atoms with van der Waals surface area (Å²) >= 11 is 0. The Hall–Kier alpha value is -2.28. The predicted molar refractivity (Wildman–Crippen MR) is 83.0 cm³/mol. The van der Waals surface area contributed by atoms with Crippen molar-refractivity contribution < 1.29 is 4.74 Å². The van der Waals surface area contributed by atoms with Gasteiger partial charge in [0.15, 0.2) is 0 Å². The molecule has 1 heteroatoms. The average Bonchev–Trinajstić information content (AvgIpc) is 2.48. The fourth-order valence-corrected chi connectivity index (χ4v) is 2.40. The molecule has 1 nitrogen and oxygen atoms in total. The zero-order valence-corrected chi connectivity index (χ0v) is 11.5. The van der Waals surface area contributed by atoms with Gasteiger partial charge in [0.25, 0.3) is 0 Å². The molecule has 1 radical (unpaired) electrons. The van der Waals surface area contributed by atoms with Crippen LogP contribution >= 0.6 is 0 Å². The standard InChI is InChI=1S/C19H17O/c1-15(13-16-7-3-2-4-8-16)20-19-12-11-17-9-5-6-10-18(17)14-19/h2-4,6-12,14-15H,13H2,1H3. The molecule has 0 aliphatic rings. The molecule has 0 aliphatic carbocycles. The van der Waals surface area contributed by atoms with Crippen LogP contribution in [0.4, 0.5) is 0 Å². The molecule has 0 spiro atoms. The Bertz CT molecular complexity index is 688. The maximum atomic E-state index is 6.02. The lowest BCUT2D eigenvalue weighted by molar-refractivity contribution is 0.222. The number of fused-ring (bicyclic) bond motifs is 1. The monoisotopic (exact) mass is 261 g/mol. The molecule has 0 bridgehead atoms. The first-order valence-electron chi connectivity index (χ1n) is 6.92. The number of hydrogen-bond acceptors (Lipinski definition) is 1. The van der Waals surface area contributed by atoms with E-state index in [2.05, 4.69) is 55.5 Å². The van der Waals surface area contributed by atoms with Gasteiger partial charge in [0, 0.05) is 6.42 Å². The van der Waals surface area contributed by atoms with Crippen molar-refractivity contribution in [2.75, 3.05) is 0 Å². The molecular weight excluding hydrogens is 244 g/mol. The molecule has 0 N–H and O–H groups in total. The normalized spacial score (nSPS) is 12.2. The number of rotatable bonds is 4. The SMILES string of the molecule is CC(Cc1ccccc1)Oc1ccc2c[c]ccc2c1. The molecular formula is C19H17O. The second kappa shape index (κ2) is 5.79. The molecule has 3 rings (SSSR count). The summed E-state index contributed by atoms with van der Waals surface area (Å²) < 4.78 is 6.02. The Balaban J connectivity index is 1.72. The Morgan fingerprint density at radius 2 is 1.85 bits per heavy atom. The van der Waals surface area contributed by atoms with Crippen molar-refractivity contribution in [3.8, 4) is 5.75 Å². The molecule has 0 saturated carbocycles. The second-order valence-corrected chi connectivity index (χ2v) is 5.05. The predicted octanol–water partition coefficient (Wildman–Crippen LogP) is 4.65. The topological polar surface area (TPSA) is 9.23 Å². The lowest BCUT2D eigenvalue weighted by Gasteiger charge is -2.15. The third-order valence-electron chi connectivity index (χ3n) is 3.36. The van der Waals surface area contributed by atoms with Gasteiger partial charge in [-0.3, -0.25) is 0 Å². The van der Waals surface area contributed by atoms with Crippen LogP contribution in [-0.2, 0) is 6.42 Å². The van der Waals surface area contributed by atoms with Crippen molar-refractivity contribution in [3.05, 3.63) is 78.4 Å². The van der Waals surface area contributed by atoms with Crippen LogP contribution < -0.4 is 4.74 Å². The molecule has 0 fully saturated rings. The lowest BCUT2D eigenvalue weighted by Crippen LogP contribution is -2.14. The van der Waals surface area contributed by atoms with Crippen LogP contribution in [0.25, 0.3) is 10.8 Å². The van der Waals surface area contributed by atoms with Crippen LogP contribution in [0.5, 0.6) is 5.75 Å². The first-order valence-corrected chi connectivity index (χ1v) is 6.92. The fourth-order valence-electron chi connectivity index (χ4n) is 2.40. The molecule has 0 heterocycles. The zero-order chi connectivity index (χ0) is 13.8. The van der Waals surface area contributed by atoms with E-state index < -0.39 is 0 Å². The Labute approximate surface area is 119 Å². The van der Waals surface area contributed by atoms with Gasteiger partial charge >= 0.3 is 0 Å². The van der Waals surface area contributed by atoms with E-state index in [9.17, 15) is 0 Å². The van der Waals surface area contributed by atoms with Crippen molar-refractivity contribution in [2.24, 2.45) is 0 Å². The minimum Gasteiger partial charge on any atom is -0.490 e. The zero-order valence-electron chi connectivity index (χ0n) is 11.5. The van der Waals surface area contributed by atoms with Gasteiger partial charge in [-0.25, -0.2) is 0 Å². The highest BCUT2D eigenvalue weighted by atomic mass is 16.5. The van der Waals surface area contributed by atoms with Crippen molar-refractivity contribution >= 4 is 10.8 Å². The van der Waals surface area contributed by atoms with E-state index in [4.69, 9.17) is 4.74 Å². The largest absolute Gasteiger partial charge is 0.490 e. The van der Waals surface area contributed by atoms with Crippen molar-refractivity contribution in [3.63, 3.8) is 0 Å². The Kier molecular flexibility index (Phi) is 3.69. The summed E-state index contributed by atoms with van der Waals surface area (Å²) in [5, 5.41) is 2.38. The van der Waals surface area contributed by atoms with Gasteiger partial charge in [-0.15, -0.1) is 0 Å². The highest BCUT2D eigenvalue weighted by Gasteiger charge is 2.06. The first kappa shape index (κ1) is 12.7. The molecule has 0 aliphatic heterocycles. The molecule has 3 aromatic carbocycles. The van der Waals surface area contributed by atoms with E-state index in [0.717, 1.165) is 12.2 Å². The van der Waals surface area contributed by atoms with Crippen LogP contribution in [-0.4, -0.2) is 6.10 Å². The summed E-state index contributed by atoms with van der Waals surface area (Å²) in [5.74, 6) is 0.923. The van der Waals surface area contributed by atoms with Crippen molar-refractivity contribution in [1.29, 1.82) is 0 Å². The van der Waals surface area contributed by atoms with E-state index in [1.807, 2.05) is 24.3 Å². The maximum Gasteiger partial charge on any atom is 0.120 e. The lowest BCUT2D eigenvalue weighted by atomic mass is 10.1. The summed E-state index contributed by atoms with van der Waals surface area (Å²) in [6.45, 7) is 2.11. The Morgan fingerprint density at radius 1 is 1.00 bits per heavy atom. The van der Waals surface area contributed by atoms with Crippen molar-refractivity contribution in [2.45, 2.75) is 19.4 Å².